The molecule has 0 bridgehead atoms. The van der Waals surface area contributed by atoms with Crippen molar-refractivity contribution in [3.63, 3.8) is 0 Å². The Labute approximate surface area is 166 Å². The molecule has 3 aliphatic heterocycles. The van der Waals surface area contributed by atoms with Gasteiger partial charge in [0.2, 0.25) is 0 Å². The minimum atomic E-state index is -0.658. The lowest BCUT2D eigenvalue weighted by molar-refractivity contribution is -0.144. The average molecular weight is 374 g/mol. The molecule has 5 rings (SSSR count). The monoisotopic (exact) mass is 374 g/mol. The first kappa shape index (κ1) is 17.5. The number of rotatable bonds is 3. The summed E-state index contributed by atoms with van der Waals surface area (Å²) in [6, 6.07) is 18.0. The molecular weight excluding hydrogens is 348 g/mol. The van der Waals surface area contributed by atoms with Gasteiger partial charge in [0, 0.05) is 36.5 Å². The summed E-state index contributed by atoms with van der Waals surface area (Å²) in [6.45, 7) is 1.50. The third-order valence-corrected chi connectivity index (χ3v) is 6.60. The van der Waals surface area contributed by atoms with Crippen LogP contribution in [0, 0.1) is 5.92 Å². The molecule has 0 aliphatic carbocycles. The van der Waals surface area contributed by atoms with Crippen molar-refractivity contribution < 1.29 is 9.90 Å². The predicted molar refractivity (Wildman–Crippen MR) is 111 cm³/mol. The van der Waals surface area contributed by atoms with Crippen LogP contribution < -0.4 is 4.90 Å². The number of hydrogen-bond donors (Lipinski definition) is 1. The summed E-state index contributed by atoms with van der Waals surface area (Å²) in [6.07, 6.45) is 8.42. The highest BCUT2D eigenvalue weighted by Gasteiger charge is 2.38. The zero-order valence-corrected chi connectivity index (χ0v) is 16.0. The number of carboxylic acid groups (broad SMARTS) is 1. The molecule has 0 spiro atoms. The van der Waals surface area contributed by atoms with Crippen LogP contribution in [0.5, 0.6) is 0 Å². The lowest BCUT2D eigenvalue weighted by atomic mass is 9.93. The van der Waals surface area contributed by atoms with E-state index in [1.807, 2.05) is 0 Å². The van der Waals surface area contributed by atoms with Gasteiger partial charge in [-0.1, -0.05) is 48.6 Å². The molecular formula is C24H26N2O2. The Morgan fingerprint density at radius 2 is 1.57 bits per heavy atom. The fourth-order valence-corrected chi connectivity index (χ4v) is 5.10. The van der Waals surface area contributed by atoms with Gasteiger partial charge in [-0.25, -0.2) is 0 Å². The average Bonchev–Trinajstić information content (AvgIpc) is 3.05. The third-order valence-electron chi connectivity index (χ3n) is 6.60. The van der Waals surface area contributed by atoms with Gasteiger partial charge in [-0.2, -0.15) is 0 Å². The number of hydrogen-bond acceptors (Lipinski definition) is 3. The van der Waals surface area contributed by atoms with Crippen molar-refractivity contribution in [2.24, 2.45) is 5.92 Å². The van der Waals surface area contributed by atoms with Gasteiger partial charge in [-0.3, -0.25) is 9.69 Å². The first-order valence-corrected chi connectivity index (χ1v) is 10.3. The van der Waals surface area contributed by atoms with E-state index >= 15 is 0 Å². The first-order valence-electron chi connectivity index (χ1n) is 10.3. The van der Waals surface area contributed by atoms with E-state index in [9.17, 15) is 9.90 Å². The second kappa shape index (κ2) is 7.10. The minimum Gasteiger partial charge on any atom is -0.481 e. The van der Waals surface area contributed by atoms with Crippen LogP contribution in [-0.4, -0.2) is 41.1 Å². The summed E-state index contributed by atoms with van der Waals surface area (Å²) >= 11 is 0. The number of aliphatic carboxylic acids is 1. The molecule has 28 heavy (non-hydrogen) atoms. The van der Waals surface area contributed by atoms with Gasteiger partial charge in [0.1, 0.15) is 0 Å². The second-order valence-electron chi connectivity index (χ2n) is 8.20. The zero-order chi connectivity index (χ0) is 19.1. The van der Waals surface area contributed by atoms with E-state index in [4.69, 9.17) is 0 Å². The molecule has 2 aromatic rings. The van der Waals surface area contributed by atoms with E-state index in [-0.39, 0.29) is 12.0 Å². The predicted octanol–water partition coefficient (Wildman–Crippen LogP) is 4.03. The normalized spacial score (nSPS) is 26.3. The second-order valence-corrected chi connectivity index (χ2v) is 8.20. The largest absolute Gasteiger partial charge is 0.481 e. The standard InChI is InChI=1S/C24H26N2O2/c27-24(28)19-11-12-20-13-14-21(25(20)15-19)16-26-22-7-3-1-5-17(22)9-10-18-6-2-4-8-23(18)26/h1-8,13-14,19-21H,9-12,15-16H2,(H,27,28). The van der Waals surface area contributed by atoms with E-state index in [0.29, 0.717) is 12.6 Å². The minimum absolute atomic E-state index is 0.242. The molecule has 0 saturated carbocycles. The Morgan fingerprint density at radius 1 is 0.929 bits per heavy atom. The number of benzene rings is 2. The summed E-state index contributed by atoms with van der Waals surface area (Å²) < 4.78 is 0. The van der Waals surface area contributed by atoms with E-state index < -0.39 is 5.97 Å². The number of carbonyl (C=O) groups is 1. The van der Waals surface area contributed by atoms with Crippen LogP contribution >= 0.6 is 0 Å². The number of piperidine rings is 1. The van der Waals surface area contributed by atoms with Crippen molar-refractivity contribution in [2.45, 2.75) is 37.8 Å². The number of fused-ring (bicyclic) bond motifs is 3. The van der Waals surface area contributed by atoms with Crippen LogP contribution in [-0.2, 0) is 17.6 Å². The van der Waals surface area contributed by atoms with E-state index in [1.165, 1.54) is 22.5 Å². The summed E-state index contributed by atoms with van der Waals surface area (Å²) in [5.41, 5.74) is 5.35. The lowest BCUT2D eigenvalue weighted by Gasteiger charge is -2.39. The number of carboxylic acids is 1. The molecule has 0 radical (unpaired) electrons. The van der Waals surface area contributed by atoms with Crippen molar-refractivity contribution in [2.75, 3.05) is 18.0 Å². The first-order chi connectivity index (χ1) is 13.7. The van der Waals surface area contributed by atoms with Crippen LogP contribution in [0.15, 0.2) is 60.7 Å². The van der Waals surface area contributed by atoms with Gasteiger partial charge in [-0.05, 0) is 48.9 Å². The Hall–Kier alpha value is -2.59. The Morgan fingerprint density at radius 3 is 2.21 bits per heavy atom. The third kappa shape index (κ3) is 3.02. The van der Waals surface area contributed by atoms with Crippen molar-refractivity contribution in [3.05, 3.63) is 71.8 Å². The highest BCUT2D eigenvalue weighted by atomic mass is 16.4. The molecule has 2 aromatic carbocycles. The molecule has 0 amide bonds. The number of para-hydroxylation sites is 2. The Kier molecular flexibility index (Phi) is 4.44. The van der Waals surface area contributed by atoms with Crippen molar-refractivity contribution >= 4 is 17.3 Å². The zero-order valence-electron chi connectivity index (χ0n) is 16.0. The van der Waals surface area contributed by atoms with Gasteiger partial charge < -0.3 is 10.0 Å². The molecule has 3 atom stereocenters. The Bertz CT molecular complexity index is 875. The molecule has 4 nitrogen and oxygen atoms in total. The highest BCUT2D eigenvalue weighted by molar-refractivity contribution is 5.72. The topological polar surface area (TPSA) is 43.8 Å². The van der Waals surface area contributed by atoms with Gasteiger partial charge in [0.15, 0.2) is 0 Å². The van der Waals surface area contributed by atoms with E-state index in [2.05, 4.69) is 70.5 Å². The summed E-state index contributed by atoms with van der Waals surface area (Å²) in [4.78, 5) is 16.4. The van der Waals surface area contributed by atoms with Crippen LogP contribution in [0.1, 0.15) is 24.0 Å². The molecule has 144 valence electrons. The molecule has 0 aromatic heterocycles. The molecule has 3 aliphatic rings. The van der Waals surface area contributed by atoms with Crippen LogP contribution in [0.4, 0.5) is 11.4 Å². The Balaban J connectivity index is 1.48. The summed E-state index contributed by atoms with van der Waals surface area (Å²) in [5.74, 6) is -0.906. The van der Waals surface area contributed by atoms with Crippen LogP contribution in [0.25, 0.3) is 0 Å². The van der Waals surface area contributed by atoms with Crippen molar-refractivity contribution in [1.82, 2.24) is 4.90 Å². The maximum absolute atomic E-state index is 11.6. The van der Waals surface area contributed by atoms with E-state index in [1.54, 1.807) is 0 Å². The maximum atomic E-state index is 11.6. The summed E-state index contributed by atoms with van der Waals surface area (Å²) in [7, 11) is 0. The number of anilines is 2. The van der Waals surface area contributed by atoms with Gasteiger partial charge >= 0.3 is 5.97 Å². The lowest BCUT2D eigenvalue weighted by Crippen LogP contribution is -2.49. The van der Waals surface area contributed by atoms with E-state index in [0.717, 1.165) is 32.2 Å². The fraction of sp³-hybridized carbons (Fsp3) is 0.375. The van der Waals surface area contributed by atoms with Crippen LogP contribution in [0.3, 0.4) is 0 Å². The quantitative estimate of drug-likeness (QED) is 0.824. The van der Waals surface area contributed by atoms with Crippen molar-refractivity contribution in [3.8, 4) is 0 Å². The molecule has 1 saturated heterocycles. The molecule has 3 heterocycles. The van der Waals surface area contributed by atoms with Gasteiger partial charge in [-0.15, -0.1) is 0 Å². The fourth-order valence-electron chi connectivity index (χ4n) is 5.10. The maximum Gasteiger partial charge on any atom is 0.307 e. The highest BCUT2D eigenvalue weighted by Crippen LogP contribution is 2.38. The number of nitrogens with zero attached hydrogens (tertiary/aromatic N) is 2. The van der Waals surface area contributed by atoms with Crippen LogP contribution in [0.2, 0.25) is 0 Å². The molecule has 4 heteroatoms. The van der Waals surface area contributed by atoms with Gasteiger partial charge in [0.25, 0.3) is 0 Å². The SMILES string of the molecule is O=C(O)C1CCC2C=CC(CN3c4ccccc4CCc4ccccc43)N2C1. The molecule has 3 unspecified atom stereocenters. The van der Waals surface area contributed by atoms with Gasteiger partial charge in [0.05, 0.1) is 5.92 Å². The number of aryl methyl sites for hydroxylation is 2. The smallest absolute Gasteiger partial charge is 0.307 e. The molecule has 1 N–H and O–H groups in total. The molecule has 1 fully saturated rings. The summed E-state index contributed by atoms with van der Waals surface area (Å²) in [5, 5.41) is 9.51. The van der Waals surface area contributed by atoms with Crippen molar-refractivity contribution in [1.29, 1.82) is 0 Å².